The van der Waals surface area contributed by atoms with Gasteiger partial charge in [-0.25, -0.2) is 9.00 Å². The average molecular weight is 705 g/mol. The number of nitrogens with one attached hydrogen (secondary N) is 4. The van der Waals surface area contributed by atoms with Gasteiger partial charge in [0.05, 0.1) is 59.3 Å². The molecule has 0 fully saturated rings. The van der Waals surface area contributed by atoms with Gasteiger partial charge in [-0.05, 0) is 81.9 Å². The maximum Gasteiger partial charge on any atom is 0.416 e. The molecule has 0 aliphatic rings. The lowest BCUT2D eigenvalue weighted by Crippen LogP contribution is -2.38. The third-order valence-corrected chi connectivity index (χ3v) is 8.56. The summed E-state index contributed by atoms with van der Waals surface area (Å²) in [5, 5.41) is 20.1. The van der Waals surface area contributed by atoms with Crippen molar-refractivity contribution in [2.45, 2.75) is 35.7 Å². The second-order valence-corrected chi connectivity index (χ2v) is 12.0. The molecule has 1 heterocycles. The molecule has 1 unspecified atom stereocenters. The first-order valence-corrected chi connectivity index (χ1v) is 16.6. The number of alkyl halides is 3. The van der Waals surface area contributed by atoms with Gasteiger partial charge in [0.2, 0.25) is 0 Å². The van der Waals surface area contributed by atoms with Crippen molar-refractivity contribution in [2.24, 2.45) is 0 Å². The van der Waals surface area contributed by atoms with Crippen LogP contribution < -0.4 is 26.8 Å². The predicted octanol–water partition coefficient (Wildman–Crippen LogP) is 3.26. The number of carbonyl (C=O) groups is 2. The van der Waals surface area contributed by atoms with Gasteiger partial charge in [-0.2, -0.15) is 18.4 Å². The molecule has 0 saturated carbocycles. The number of nitrogens with zero attached hydrogens (tertiary/aromatic N) is 2. The molecule has 0 radical (unpaired) electrons. The van der Waals surface area contributed by atoms with Crippen LogP contribution in [0.25, 0.3) is 5.69 Å². The van der Waals surface area contributed by atoms with Crippen LogP contribution in [0.4, 0.5) is 18.0 Å². The second-order valence-electron chi connectivity index (χ2n) is 10.6. The molecule has 0 spiro atoms. The van der Waals surface area contributed by atoms with Gasteiger partial charge >= 0.3 is 12.2 Å². The molecule has 16 heteroatoms. The summed E-state index contributed by atoms with van der Waals surface area (Å²) in [6, 6.07) is 12.7. The lowest BCUT2D eigenvalue weighted by molar-refractivity contribution is -0.137. The SMILES string of the molecule is CNCCCCNC(=O)NCCOCCOCCNC(=O)c1cc(S(=O)c2ccc(C#N)cc2)c(C)n(-c2cccc(C(F)(F)F)c2)c1=O. The zero-order valence-corrected chi connectivity index (χ0v) is 28.0. The van der Waals surface area contributed by atoms with Crippen LogP contribution in [0.5, 0.6) is 0 Å². The topological polar surface area (TPSA) is 164 Å². The lowest BCUT2D eigenvalue weighted by Gasteiger charge is -2.18. The van der Waals surface area contributed by atoms with Crippen LogP contribution in [0.2, 0.25) is 0 Å². The highest BCUT2D eigenvalue weighted by atomic mass is 32.2. The Balaban J connectivity index is 1.62. The summed E-state index contributed by atoms with van der Waals surface area (Å²) >= 11 is 0. The number of unbranched alkanes of at least 4 members (excludes halogenated alkanes) is 1. The minimum atomic E-state index is -4.69. The maximum atomic E-state index is 13.6. The first-order chi connectivity index (χ1) is 23.5. The molecule has 0 aliphatic carbocycles. The van der Waals surface area contributed by atoms with Gasteiger partial charge in [-0.1, -0.05) is 6.07 Å². The van der Waals surface area contributed by atoms with Crippen LogP contribution in [0, 0.1) is 18.3 Å². The summed E-state index contributed by atoms with van der Waals surface area (Å²) in [5.74, 6) is -0.838. The van der Waals surface area contributed by atoms with Crippen molar-refractivity contribution in [3.8, 4) is 11.8 Å². The molecule has 2 aromatic carbocycles. The third kappa shape index (κ3) is 11.8. The molecule has 49 heavy (non-hydrogen) atoms. The number of urea groups is 1. The number of ether oxygens (including phenoxy) is 2. The van der Waals surface area contributed by atoms with Crippen molar-refractivity contribution in [3.63, 3.8) is 0 Å². The van der Waals surface area contributed by atoms with Gasteiger partial charge in [0.15, 0.2) is 0 Å². The van der Waals surface area contributed by atoms with Crippen LogP contribution in [0.15, 0.2) is 69.2 Å². The van der Waals surface area contributed by atoms with Crippen LogP contribution in [0.3, 0.4) is 0 Å². The Morgan fingerprint density at radius 1 is 0.898 bits per heavy atom. The zero-order valence-electron chi connectivity index (χ0n) is 27.2. The zero-order chi connectivity index (χ0) is 35.8. The lowest BCUT2D eigenvalue weighted by atomic mass is 10.1. The molecule has 3 amide bonds. The van der Waals surface area contributed by atoms with E-state index in [0.717, 1.165) is 42.2 Å². The largest absolute Gasteiger partial charge is 0.416 e. The van der Waals surface area contributed by atoms with E-state index in [1.807, 2.05) is 13.1 Å². The first kappa shape index (κ1) is 38.9. The molecular formula is C33H39F3N6O6S. The molecule has 0 aliphatic heterocycles. The smallest absolute Gasteiger partial charge is 0.377 e. The number of halogens is 3. The average Bonchev–Trinajstić information content (AvgIpc) is 3.08. The number of nitriles is 1. The van der Waals surface area contributed by atoms with Crippen LogP contribution in [-0.2, 0) is 26.4 Å². The van der Waals surface area contributed by atoms with Crippen molar-refractivity contribution >= 4 is 22.7 Å². The predicted molar refractivity (Wildman–Crippen MR) is 176 cm³/mol. The Bertz CT molecular complexity index is 1690. The molecule has 0 saturated heterocycles. The van der Waals surface area contributed by atoms with E-state index < -0.39 is 39.6 Å². The number of rotatable bonds is 18. The summed E-state index contributed by atoms with van der Waals surface area (Å²) in [6.45, 7) is 3.93. The van der Waals surface area contributed by atoms with E-state index in [1.165, 1.54) is 43.3 Å². The van der Waals surface area contributed by atoms with Crippen LogP contribution >= 0.6 is 0 Å². The minimum absolute atomic E-state index is 0.0141. The number of aromatic nitrogens is 1. The number of benzene rings is 2. The number of hydrogen-bond donors (Lipinski definition) is 4. The number of hydrogen-bond acceptors (Lipinski definition) is 8. The van der Waals surface area contributed by atoms with Crippen molar-refractivity contribution in [2.75, 3.05) is 59.7 Å². The van der Waals surface area contributed by atoms with Crippen LogP contribution in [-0.4, -0.2) is 80.4 Å². The van der Waals surface area contributed by atoms with Crippen molar-refractivity contribution in [1.29, 1.82) is 5.26 Å². The van der Waals surface area contributed by atoms with Gasteiger partial charge in [-0.3, -0.25) is 14.2 Å². The van der Waals surface area contributed by atoms with E-state index in [0.29, 0.717) is 18.7 Å². The molecule has 4 N–H and O–H groups in total. The molecule has 12 nitrogen and oxygen atoms in total. The fraction of sp³-hybridized carbons (Fsp3) is 0.394. The maximum absolute atomic E-state index is 13.6. The molecular weight excluding hydrogens is 665 g/mol. The first-order valence-electron chi connectivity index (χ1n) is 15.4. The van der Waals surface area contributed by atoms with E-state index in [9.17, 15) is 31.8 Å². The highest BCUT2D eigenvalue weighted by molar-refractivity contribution is 7.85. The summed E-state index contributed by atoms with van der Waals surface area (Å²) < 4.78 is 66.0. The Hall–Kier alpha value is -4.56. The van der Waals surface area contributed by atoms with Gasteiger partial charge < -0.3 is 30.7 Å². The Kier molecular flexibility index (Phi) is 15.4. The van der Waals surface area contributed by atoms with E-state index >= 15 is 0 Å². The fourth-order valence-corrected chi connectivity index (χ4v) is 5.75. The summed E-state index contributed by atoms with van der Waals surface area (Å²) in [5.41, 5.74) is -2.11. The van der Waals surface area contributed by atoms with Crippen molar-refractivity contribution < 1.29 is 36.4 Å². The Labute approximate surface area is 284 Å². The monoisotopic (exact) mass is 704 g/mol. The summed E-state index contributed by atoms with van der Waals surface area (Å²) in [7, 11) is -0.0991. The van der Waals surface area contributed by atoms with E-state index in [-0.39, 0.29) is 60.2 Å². The number of carbonyl (C=O) groups excluding carboxylic acids is 2. The van der Waals surface area contributed by atoms with Gasteiger partial charge in [0, 0.05) is 35.9 Å². The molecule has 3 rings (SSSR count). The molecule has 1 aromatic heterocycles. The molecule has 264 valence electrons. The number of amides is 3. The fourth-order valence-electron chi connectivity index (χ4n) is 4.52. The molecule has 0 bridgehead atoms. The van der Waals surface area contributed by atoms with Crippen LogP contribution in [0.1, 0.15) is 40.0 Å². The van der Waals surface area contributed by atoms with Gasteiger partial charge in [-0.15, -0.1) is 0 Å². The minimum Gasteiger partial charge on any atom is -0.377 e. The Morgan fingerprint density at radius 2 is 1.53 bits per heavy atom. The standard InChI is InChI=1S/C33H39F3N6O6S/c1-23-29(49(46)27-10-8-24(22-37)9-11-27)21-28(31(44)42(23)26-7-5-6-25(20-26)33(34,35)36)30(43)39-14-16-47-18-19-48-17-15-41-32(45)40-13-4-3-12-38-2/h5-11,20-21,38H,3-4,12-19H2,1-2H3,(H,39,43)(H2,40,41,45). The molecule has 1 atom stereocenters. The van der Waals surface area contributed by atoms with Gasteiger partial charge in [0.1, 0.15) is 5.56 Å². The van der Waals surface area contributed by atoms with E-state index in [2.05, 4.69) is 21.3 Å². The normalized spacial score (nSPS) is 11.8. The highest BCUT2D eigenvalue weighted by Gasteiger charge is 2.31. The van der Waals surface area contributed by atoms with E-state index in [4.69, 9.17) is 14.7 Å². The van der Waals surface area contributed by atoms with E-state index in [1.54, 1.807) is 0 Å². The highest BCUT2D eigenvalue weighted by Crippen LogP contribution is 2.31. The second kappa shape index (κ2) is 19.4. The van der Waals surface area contributed by atoms with Crippen molar-refractivity contribution in [3.05, 3.63) is 87.3 Å². The third-order valence-electron chi connectivity index (χ3n) is 7.05. The van der Waals surface area contributed by atoms with Crippen molar-refractivity contribution in [1.82, 2.24) is 25.8 Å². The summed E-state index contributed by atoms with van der Waals surface area (Å²) in [4.78, 5) is 38.8. The quantitative estimate of drug-likeness (QED) is 0.147. The van der Waals surface area contributed by atoms with Gasteiger partial charge in [0.25, 0.3) is 11.5 Å². The Morgan fingerprint density at radius 3 is 2.16 bits per heavy atom. The number of pyridine rings is 1. The summed E-state index contributed by atoms with van der Waals surface area (Å²) in [6.07, 6.45) is -2.86. The molecule has 3 aromatic rings.